The van der Waals surface area contributed by atoms with E-state index in [1.807, 2.05) is 23.1 Å². The Hall–Kier alpha value is -2.86. The van der Waals surface area contributed by atoms with Gasteiger partial charge in [0.1, 0.15) is 11.5 Å². The molecule has 2 heterocycles. The van der Waals surface area contributed by atoms with Crippen LogP contribution in [0.4, 0.5) is 0 Å². The Morgan fingerprint density at radius 1 is 0.964 bits per heavy atom. The van der Waals surface area contributed by atoms with Gasteiger partial charge in [0.25, 0.3) is 5.91 Å². The molecule has 2 N–H and O–H groups in total. The minimum Gasteiger partial charge on any atom is -0.457 e. The van der Waals surface area contributed by atoms with Crippen LogP contribution in [0.15, 0.2) is 42.5 Å². The van der Waals surface area contributed by atoms with Gasteiger partial charge in [-0.05, 0) is 80.4 Å². The minimum atomic E-state index is -0.465. The molecule has 2 aromatic rings. The zero-order valence-corrected chi connectivity index (χ0v) is 15.9. The summed E-state index contributed by atoms with van der Waals surface area (Å²) in [5.41, 5.74) is 7.49. The molecule has 0 aliphatic carbocycles. The molecular formula is C22H25N3O3. The average Bonchev–Trinajstić information content (AvgIpc) is 3.21. The zero-order valence-electron chi connectivity index (χ0n) is 15.9. The highest BCUT2D eigenvalue weighted by atomic mass is 16.5. The topological polar surface area (TPSA) is 75.9 Å². The van der Waals surface area contributed by atoms with Crippen molar-refractivity contribution in [3.8, 4) is 11.5 Å². The molecule has 146 valence electrons. The standard InChI is InChI=1S/C22H25N3O3/c23-21(26)16-3-5-18(6-4-16)28-19-7-8-20-17(15-19)9-12-25(22(20)27)14-13-24-10-1-2-11-24/h3-8,15H,1-2,9-14H2,(H2,23,26). The zero-order chi connectivity index (χ0) is 19.5. The Labute approximate surface area is 164 Å². The van der Waals surface area contributed by atoms with Gasteiger partial charge in [0.2, 0.25) is 5.91 Å². The number of ether oxygens (including phenoxy) is 1. The van der Waals surface area contributed by atoms with Gasteiger partial charge in [-0.15, -0.1) is 0 Å². The molecule has 0 radical (unpaired) electrons. The first-order chi connectivity index (χ1) is 13.6. The number of fused-ring (bicyclic) bond motifs is 1. The predicted octanol–water partition coefficient (Wildman–Crippen LogP) is 2.67. The first-order valence-corrected chi connectivity index (χ1v) is 9.82. The number of nitrogens with two attached hydrogens (primary N) is 1. The SMILES string of the molecule is NC(=O)c1ccc(Oc2ccc3c(c2)CCN(CCN2CCCC2)C3=O)cc1. The summed E-state index contributed by atoms with van der Waals surface area (Å²) < 4.78 is 5.87. The molecule has 1 saturated heterocycles. The maximum absolute atomic E-state index is 12.8. The fourth-order valence-corrected chi connectivity index (χ4v) is 3.88. The molecule has 2 amide bonds. The molecule has 0 atom stereocenters. The summed E-state index contributed by atoms with van der Waals surface area (Å²) in [5.74, 6) is 0.953. The molecule has 2 aliphatic rings. The molecule has 28 heavy (non-hydrogen) atoms. The van der Waals surface area contributed by atoms with Gasteiger partial charge in [-0.3, -0.25) is 9.59 Å². The second-order valence-electron chi connectivity index (χ2n) is 7.40. The Bertz CT molecular complexity index is 873. The van der Waals surface area contributed by atoms with Crippen LogP contribution in [0, 0.1) is 0 Å². The van der Waals surface area contributed by atoms with Crippen LogP contribution in [0.25, 0.3) is 0 Å². The first kappa shape index (κ1) is 18.5. The number of rotatable bonds is 6. The molecule has 1 fully saturated rings. The number of likely N-dealkylation sites (tertiary alicyclic amines) is 1. The van der Waals surface area contributed by atoms with Crippen molar-refractivity contribution in [2.75, 3.05) is 32.7 Å². The smallest absolute Gasteiger partial charge is 0.254 e. The summed E-state index contributed by atoms with van der Waals surface area (Å²) in [6, 6.07) is 12.3. The molecule has 2 aromatic carbocycles. The Morgan fingerprint density at radius 2 is 1.68 bits per heavy atom. The van der Waals surface area contributed by atoms with Crippen LogP contribution in [0.3, 0.4) is 0 Å². The summed E-state index contributed by atoms with van der Waals surface area (Å²) in [7, 11) is 0. The Balaban J connectivity index is 1.41. The number of benzene rings is 2. The van der Waals surface area contributed by atoms with Crippen molar-refractivity contribution in [1.29, 1.82) is 0 Å². The Morgan fingerprint density at radius 3 is 2.39 bits per heavy atom. The van der Waals surface area contributed by atoms with Crippen molar-refractivity contribution >= 4 is 11.8 Å². The molecule has 6 nitrogen and oxygen atoms in total. The van der Waals surface area contributed by atoms with Crippen LogP contribution in [-0.2, 0) is 6.42 Å². The van der Waals surface area contributed by atoms with E-state index in [9.17, 15) is 9.59 Å². The van der Waals surface area contributed by atoms with Crippen LogP contribution >= 0.6 is 0 Å². The highest BCUT2D eigenvalue weighted by Crippen LogP contribution is 2.27. The lowest BCUT2D eigenvalue weighted by atomic mass is 9.98. The highest BCUT2D eigenvalue weighted by molar-refractivity contribution is 5.97. The van der Waals surface area contributed by atoms with Gasteiger partial charge in [0.15, 0.2) is 0 Å². The molecule has 6 heteroatoms. The van der Waals surface area contributed by atoms with E-state index in [0.717, 1.165) is 50.3 Å². The number of carbonyl (C=O) groups is 2. The van der Waals surface area contributed by atoms with Gasteiger partial charge in [-0.25, -0.2) is 0 Å². The maximum Gasteiger partial charge on any atom is 0.254 e. The molecule has 0 saturated carbocycles. The summed E-state index contributed by atoms with van der Waals surface area (Å²) in [4.78, 5) is 28.4. The molecule has 4 rings (SSSR count). The minimum absolute atomic E-state index is 0.109. The third kappa shape index (κ3) is 4.02. The molecule has 0 bridgehead atoms. The lowest BCUT2D eigenvalue weighted by Gasteiger charge is -2.30. The van der Waals surface area contributed by atoms with Gasteiger partial charge >= 0.3 is 0 Å². The molecule has 0 aromatic heterocycles. The van der Waals surface area contributed by atoms with Gasteiger partial charge in [-0.1, -0.05) is 0 Å². The van der Waals surface area contributed by atoms with Crippen LogP contribution in [-0.4, -0.2) is 54.3 Å². The van der Waals surface area contributed by atoms with Gasteiger partial charge in [-0.2, -0.15) is 0 Å². The number of primary amides is 1. The lowest BCUT2D eigenvalue weighted by Crippen LogP contribution is -2.42. The summed E-state index contributed by atoms with van der Waals surface area (Å²) >= 11 is 0. The van der Waals surface area contributed by atoms with Crippen LogP contribution in [0.1, 0.15) is 39.1 Å². The van der Waals surface area contributed by atoms with Gasteiger partial charge in [0.05, 0.1) is 0 Å². The average molecular weight is 379 g/mol. The lowest BCUT2D eigenvalue weighted by molar-refractivity contribution is 0.0724. The third-order valence-corrected chi connectivity index (χ3v) is 5.50. The monoisotopic (exact) mass is 379 g/mol. The predicted molar refractivity (Wildman–Crippen MR) is 107 cm³/mol. The highest BCUT2D eigenvalue weighted by Gasteiger charge is 2.25. The molecule has 0 spiro atoms. The second kappa shape index (κ2) is 8.02. The summed E-state index contributed by atoms with van der Waals surface area (Å²) in [6.45, 7) is 4.81. The van der Waals surface area contributed by atoms with E-state index >= 15 is 0 Å². The fourth-order valence-electron chi connectivity index (χ4n) is 3.88. The van der Waals surface area contributed by atoms with E-state index in [4.69, 9.17) is 10.5 Å². The number of carbonyl (C=O) groups excluding carboxylic acids is 2. The summed E-state index contributed by atoms with van der Waals surface area (Å²) in [5, 5.41) is 0. The largest absolute Gasteiger partial charge is 0.457 e. The third-order valence-electron chi connectivity index (χ3n) is 5.50. The van der Waals surface area contributed by atoms with Crippen LogP contribution in [0.2, 0.25) is 0 Å². The number of nitrogens with zero attached hydrogens (tertiary/aromatic N) is 2. The van der Waals surface area contributed by atoms with E-state index in [2.05, 4.69) is 4.90 Å². The van der Waals surface area contributed by atoms with E-state index in [-0.39, 0.29) is 5.91 Å². The van der Waals surface area contributed by atoms with Gasteiger partial charge in [0, 0.05) is 30.8 Å². The fraction of sp³-hybridized carbons (Fsp3) is 0.364. The first-order valence-electron chi connectivity index (χ1n) is 9.82. The van der Waals surface area contributed by atoms with Crippen molar-refractivity contribution in [2.45, 2.75) is 19.3 Å². The van der Waals surface area contributed by atoms with Gasteiger partial charge < -0.3 is 20.3 Å². The van der Waals surface area contributed by atoms with E-state index in [1.165, 1.54) is 12.8 Å². The van der Waals surface area contributed by atoms with E-state index in [1.54, 1.807) is 24.3 Å². The molecule has 2 aliphatic heterocycles. The second-order valence-corrected chi connectivity index (χ2v) is 7.40. The van der Waals surface area contributed by atoms with Crippen LogP contribution in [0.5, 0.6) is 11.5 Å². The van der Waals surface area contributed by atoms with Crippen molar-refractivity contribution < 1.29 is 14.3 Å². The van der Waals surface area contributed by atoms with E-state index in [0.29, 0.717) is 17.1 Å². The Kier molecular flexibility index (Phi) is 5.30. The molecule has 0 unspecified atom stereocenters. The summed E-state index contributed by atoms with van der Waals surface area (Å²) in [6.07, 6.45) is 3.37. The van der Waals surface area contributed by atoms with E-state index < -0.39 is 5.91 Å². The van der Waals surface area contributed by atoms with Crippen molar-refractivity contribution in [1.82, 2.24) is 9.80 Å². The normalized spacial score (nSPS) is 16.9. The van der Waals surface area contributed by atoms with Crippen molar-refractivity contribution in [3.05, 3.63) is 59.2 Å². The molecular weight excluding hydrogens is 354 g/mol. The quantitative estimate of drug-likeness (QED) is 0.837. The maximum atomic E-state index is 12.8. The number of hydrogen-bond donors (Lipinski definition) is 1. The number of hydrogen-bond acceptors (Lipinski definition) is 4. The number of amides is 2. The van der Waals surface area contributed by atoms with Crippen molar-refractivity contribution in [2.24, 2.45) is 5.73 Å². The van der Waals surface area contributed by atoms with Crippen LogP contribution < -0.4 is 10.5 Å². The van der Waals surface area contributed by atoms with Crippen molar-refractivity contribution in [3.63, 3.8) is 0 Å².